The zero-order valence-corrected chi connectivity index (χ0v) is 22.6. The number of ether oxygens (including phenoxy) is 2. The highest BCUT2D eigenvalue weighted by atomic mass is 16.5. The molecule has 6 heteroatoms. The lowest BCUT2D eigenvalue weighted by Gasteiger charge is -2.33. The molecule has 1 fully saturated rings. The first-order valence-electron chi connectivity index (χ1n) is 13.5. The van der Waals surface area contributed by atoms with E-state index in [1.54, 1.807) is 19.2 Å². The van der Waals surface area contributed by atoms with E-state index in [0.29, 0.717) is 24.6 Å². The van der Waals surface area contributed by atoms with E-state index in [0.717, 1.165) is 54.9 Å². The molecule has 6 nitrogen and oxygen atoms in total. The number of likely N-dealkylation sites (tertiary alicyclic amines) is 1. The van der Waals surface area contributed by atoms with E-state index in [1.807, 2.05) is 24.3 Å². The Hall–Kier alpha value is -3.64. The number of carbonyl (C=O) groups excluding carboxylic acids is 1. The summed E-state index contributed by atoms with van der Waals surface area (Å²) in [6.07, 6.45) is 3.96. The van der Waals surface area contributed by atoms with Gasteiger partial charge in [0.2, 0.25) is 0 Å². The first-order valence-corrected chi connectivity index (χ1v) is 13.5. The Labute approximate surface area is 225 Å². The summed E-state index contributed by atoms with van der Waals surface area (Å²) in [7, 11) is 3.29. The van der Waals surface area contributed by atoms with Gasteiger partial charge in [-0.3, -0.25) is 9.69 Å². The molecule has 0 radical (unpaired) electrons. The Kier molecular flexibility index (Phi) is 8.08. The van der Waals surface area contributed by atoms with Crippen LogP contribution in [0.1, 0.15) is 47.6 Å². The second kappa shape index (κ2) is 11.8. The molecular formula is C32H37N3O3. The summed E-state index contributed by atoms with van der Waals surface area (Å²) in [5.74, 6) is 2.11. The van der Waals surface area contributed by atoms with E-state index in [9.17, 15) is 4.79 Å². The first kappa shape index (κ1) is 26.0. The highest BCUT2D eigenvalue weighted by Gasteiger charge is 2.36. The summed E-state index contributed by atoms with van der Waals surface area (Å²) in [5.41, 5.74) is 5.49. The summed E-state index contributed by atoms with van der Waals surface area (Å²) in [6.45, 7) is 4.31. The second-order valence-electron chi connectivity index (χ2n) is 10.4. The van der Waals surface area contributed by atoms with Crippen molar-refractivity contribution in [1.29, 1.82) is 0 Å². The molecule has 0 aliphatic carbocycles. The average Bonchev–Trinajstić information content (AvgIpc) is 3.40. The fourth-order valence-electron chi connectivity index (χ4n) is 5.64. The first-order chi connectivity index (χ1) is 18.5. The lowest BCUT2D eigenvalue weighted by Crippen LogP contribution is -2.42. The lowest BCUT2D eigenvalue weighted by atomic mass is 9.90. The van der Waals surface area contributed by atoms with Crippen LogP contribution in [0.25, 0.3) is 0 Å². The molecule has 3 aromatic carbocycles. The van der Waals surface area contributed by atoms with Crippen LogP contribution in [0.4, 0.5) is 0 Å². The Bertz CT molecular complexity index is 1280. The van der Waals surface area contributed by atoms with Crippen molar-refractivity contribution in [2.24, 2.45) is 11.0 Å². The minimum Gasteiger partial charge on any atom is -0.497 e. The van der Waals surface area contributed by atoms with Crippen molar-refractivity contribution in [1.82, 2.24) is 9.91 Å². The fourth-order valence-corrected chi connectivity index (χ4v) is 5.64. The molecule has 0 bridgehead atoms. The molecule has 38 heavy (non-hydrogen) atoms. The number of hydrazone groups is 1. The molecule has 0 saturated carbocycles. The van der Waals surface area contributed by atoms with Crippen molar-refractivity contribution >= 4 is 11.6 Å². The van der Waals surface area contributed by atoms with Gasteiger partial charge in [-0.05, 0) is 68.5 Å². The summed E-state index contributed by atoms with van der Waals surface area (Å²) < 4.78 is 11.1. The van der Waals surface area contributed by atoms with E-state index >= 15 is 0 Å². The topological polar surface area (TPSA) is 54.4 Å². The van der Waals surface area contributed by atoms with Crippen molar-refractivity contribution in [3.05, 3.63) is 95.1 Å². The normalized spacial score (nSPS) is 18.3. The Morgan fingerprint density at radius 2 is 1.74 bits per heavy atom. The van der Waals surface area contributed by atoms with Crippen LogP contribution in [0, 0.1) is 12.8 Å². The predicted molar refractivity (Wildman–Crippen MR) is 151 cm³/mol. The van der Waals surface area contributed by atoms with Gasteiger partial charge in [0.1, 0.15) is 11.5 Å². The molecule has 2 aliphatic heterocycles. The molecule has 198 valence electrons. The molecule has 1 atom stereocenters. The number of methoxy groups -OCH3 is 2. The van der Waals surface area contributed by atoms with Crippen molar-refractivity contribution in [2.75, 3.05) is 33.9 Å². The molecule has 0 aromatic heterocycles. The van der Waals surface area contributed by atoms with Crippen LogP contribution in [0.3, 0.4) is 0 Å². The van der Waals surface area contributed by atoms with Crippen LogP contribution in [-0.4, -0.2) is 55.4 Å². The Morgan fingerprint density at radius 1 is 0.947 bits per heavy atom. The highest BCUT2D eigenvalue weighted by Crippen LogP contribution is 2.39. The fraction of sp³-hybridized carbons (Fsp3) is 0.375. The SMILES string of the molecule is COc1ccc([C@H]2CC(c3cccc(C)c3)=NN2C(=O)CN2CCC(Cc3ccccc3)CC2)c(OC)c1. The Morgan fingerprint density at radius 3 is 2.45 bits per heavy atom. The van der Waals surface area contributed by atoms with Crippen LogP contribution in [-0.2, 0) is 11.2 Å². The van der Waals surface area contributed by atoms with E-state index in [2.05, 4.69) is 60.4 Å². The number of hydrogen-bond acceptors (Lipinski definition) is 5. The lowest BCUT2D eigenvalue weighted by molar-refractivity contribution is -0.134. The summed E-state index contributed by atoms with van der Waals surface area (Å²) in [4.78, 5) is 16.0. The molecule has 2 aliphatic rings. The average molecular weight is 512 g/mol. The third kappa shape index (κ3) is 5.91. The Balaban J connectivity index is 1.32. The van der Waals surface area contributed by atoms with Gasteiger partial charge >= 0.3 is 0 Å². The maximum absolute atomic E-state index is 13.7. The molecule has 1 amide bonds. The quantitative estimate of drug-likeness (QED) is 0.393. The van der Waals surface area contributed by atoms with Crippen LogP contribution in [0.15, 0.2) is 77.9 Å². The maximum Gasteiger partial charge on any atom is 0.257 e. The smallest absolute Gasteiger partial charge is 0.257 e. The van der Waals surface area contributed by atoms with E-state index < -0.39 is 0 Å². The van der Waals surface area contributed by atoms with Gasteiger partial charge in [0.15, 0.2) is 0 Å². The number of carbonyl (C=O) groups is 1. The summed E-state index contributed by atoms with van der Waals surface area (Å²) in [6, 6.07) is 24.6. The van der Waals surface area contributed by atoms with E-state index in [4.69, 9.17) is 14.6 Å². The standard InChI is InChI=1S/C32H37N3O3/c1-23-8-7-11-26(18-23)29-21-30(28-13-12-27(37-2)20-31(28)38-3)35(33-29)32(36)22-34-16-14-25(15-17-34)19-24-9-5-4-6-10-24/h4-13,18,20,25,30H,14-17,19,21-22H2,1-3H3/t30-/m1/s1. The molecule has 5 rings (SSSR count). The second-order valence-corrected chi connectivity index (χ2v) is 10.4. The van der Waals surface area contributed by atoms with E-state index in [1.165, 1.54) is 11.1 Å². The van der Waals surface area contributed by atoms with Crippen molar-refractivity contribution in [3.8, 4) is 11.5 Å². The molecule has 0 N–H and O–H groups in total. The van der Waals surface area contributed by atoms with Gasteiger partial charge in [0, 0.05) is 18.1 Å². The van der Waals surface area contributed by atoms with Gasteiger partial charge in [-0.2, -0.15) is 5.10 Å². The number of rotatable bonds is 8. The zero-order valence-electron chi connectivity index (χ0n) is 22.6. The molecule has 1 saturated heterocycles. The highest BCUT2D eigenvalue weighted by molar-refractivity contribution is 6.03. The van der Waals surface area contributed by atoms with Gasteiger partial charge in [-0.1, -0.05) is 60.2 Å². The molecule has 3 aromatic rings. The largest absolute Gasteiger partial charge is 0.497 e. The predicted octanol–water partition coefficient (Wildman–Crippen LogP) is 5.64. The van der Waals surface area contributed by atoms with Gasteiger partial charge in [-0.15, -0.1) is 0 Å². The summed E-state index contributed by atoms with van der Waals surface area (Å²) in [5, 5.41) is 6.59. The van der Waals surface area contributed by atoms with Crippen molar-refractivity contribution in [2.45, 2.75) is 38.6 Å². The number of piperidine rings is 1. The minimum absolute atomic E-state index is 0.0250. The zero-order chi connectivity index (χ0) is 26.5. The molecule has 0 spiro atoms. The van der Waals surface area contributed by atoms with E-state index in [-0.39, 0.29) is 11.9 Å². The third-order valence-corrected chi connectivity index (χ3v) is 7.75. The van der Waals surface area contributed by atoms with Crippen LogP contribution < -0.4 is 9.47 Å². The van der Waals surface area contributed by atoms with Gasteiger partial charge in [0.05, 0.1) is 32.5 Å². The van der Waals surface area contributed by atoms with Crippen molar-refractivity contribution in [3.63, 3.8) is 0 Å². The van der Waals surface area contributed by atoms with Crippen LogP contribution in [0.2, 0.25) is 0 Å². The van der Waals surface area contributed by atoms with Crippen LogP contribution >= 0.6 is 0 Å². The molecule has 0 unspecified atom stereocenters. The molecular weight excluding hydrogens is 474 g/mol. The number of amides is 1. The summed E-state index contributed by atoms with van der Waals surface area (Å²) >= 11 is 0. The third-order valence-electron chi connectivity index (χ3n) is 7.75. The number of aryl methyl sites for hydroxylation is 1. The van der Waals surface area contributed by atoms with Crippen molar-refractivity contribution < 1.29 is 14.3 Å². The minimum atomic E-state index is -0.227. The maximum atomic E-state index is 13.7. The molecule has 2 heterocycles. The number of nitrogens with zero attached hydrogens (tertiary/aromatic N) is 3. The van der Waals surface area contributed by atoms with Crippen LogP contribution in [0.5, 0.6) is 11.5 Å². The van der Waals surface area contributed by atoms with Gasteiger partial charge < -0.3 is 9.47 Å². The number of benzene rings is 3. The monoisotopic (exact) mass is 511 g/mol. The van der Waals surface area contributed by atoms with Gasteiger partial charge in [-0.25, -0.2) is 5.01 Å². The van der Waals surface area contributed by atoms with Gasteiger partial charge in [0.25, 0.3) is 5.91 Å². The number of hydrogen-bond donors (Lipinski definition) is 0.